The van der Waals surface area contributed by atoms with Crippen molar-refractivity contribution in [3.05, 3.63) is 33.8 Å². The van der Waals surface area contributed by atoms with Crippen molar-refractivity contribution in [1.82, 2.24) is 31.5 Å². The van der Waals surface area contributed by atoms with Crippen LogP contribution in [-0.4, -0.2) is 198 Å². The molecular formula is C53H89BrN6O14. The SMILES string of the molecule is CCC1CC(C(=O)CCCNCc2ccc(CN3CCCNCCNCCCNCC3)cc2Br)CC(OC2OC(CO)C(O)C(O[C@@H](CC3CCCCC3)C(=O)O)C2NC(C)=O)C1OC1OC(C)C(O)C(O)C1O. The number of carbonyl (C=O) groups excluding carboxylic acids is 2. The molecule has 1 aromatic rings. The van der Waals surface area contributed by atoms with Gasteiger partial charge in [0.25, 0.3) is 0 Å². The number of hydrogen-bond acceptors (Lipinski definition) is 18. The van der Waals surface area contributed by atoms with Crippen LogP contribution in [0.1, 0.15) is 115 Å². The molecule has 5 fully saturated rings. The van der Waals surface area contributed by atoms with Crippen molar-refractivity contribution < 1.29 is 68.7 Å². The van der Waals surface area contributed by atoms with E-state index in [0.29, 0.717) is 32.4 Å². The first kappa shape index (κ1) is 60.9. The normalized spacial score (nSPS) is 34.1. The molecule has 21 heteroatoms. The van der Waals surface area contributed by atoms with Crippen molar-refractivity contribution in [1.29, 1.82) is 0 Å². The van der Waals surface area contributed by atoms with E-state index in [4.69, 9.17) is 23.7 Å². The molecule has 11 N–H and O–H groups in total. The molecule has 20 nitrogen and oxygen atoms in total. The summed E-state index contributed by atoms with van der Waals surface area (Å²) in [5.41, 5.74) is 2.35. The van der Waals surface area contributed by atoms with E-state index in [1.54, 1.807) is 6.92 Å². The van der Waals surface area contributed by atoms with Crippen molar-refractivity contribution in [2.75, 3.05) is 65.5 Å². The molecule has 3 saturated heterocycles. The molecule has 2 aliphatic carbocycles. The third-order valence-corrected chi connectivity index (χ3v) is 16.4. The zero-order chi connectivity index (χ0) is 53.1. The summed E-state index contributed by atoms with van der Waals surface area (Å²) in [5.74, 6) is -2.53. The lowest BCUT2D eigenvalue weighted by Crippen LogP contribution is -2.67. The summed E-state index contributed by atoms with van der Waals surface area (Å²) in [5, 5.41) is 81.6. The quantitative estimate of drug-likeness (QED) is 0.0782. The molecule has 3 aliphatic heterocycles. The maximum absolute atomic E-state index is 14.2. The van der Waals surface area contributed by atoms with Crippen LogP contribution in [0.2, 0.25) is 0 Å². The molecule has 2 saturated carbocycles. The van der Waals surface area contributed by atoms with Crippen molar-refractivity contribution in [3.8, 4) is 0 Å². The molecule has 0 radical (unpaired) electrons. The van der Waals surface area contributed by atoms with Gasteiger partial charge in [0, 0.05) is 63.0 Å². The van der Waals surface area contributed by atoms with Gasteiger partial charge in [-0.3, -0.25) is 14.5 Å². The van der Waals surface area contributed by atoms with Gasteiger partial charge in [0.2, 0.25) is 5.91 Å². The summed E-state index contributed by atoms with van der Waals surface area (Å²) < 4.78 is 32.6. The first-order chi connectivity index (χ1) is 35.7. The number of nitrogens with one attached hydrogen (secondary N) is 5. The minimum absolute atomic E-state index is 0.0135. The van der Waals surface area contributed by atoms with Gasteiger partial charge in [-0.05, 0) is 107 Å². The van der Waals surface area contributed by atoms with Gasteiger partial charge in [0.1, 0.15) is 48.4 Å². The maximum Gasteiger partial charge on any atom is 0.332 e. The summed E-state index contributed by atoms with van der Waals surface area (Å²) >= 11 is 3.81. The van der Waals surface area contributed by atoms with E-state index in [1.165, 1.54) is 12.5 Å². The van der Waals surface area contributed by atoms with Crippen LogP contribution in [0.4, 0.5) is 0 Å². The molecule has 15 atom stereocenters. The number of hydrogen-bond donors (Lipinski definition) is 11. The van der Waals surface area contributed by atoms with Crippen LogP contribution in [0, 0.1) is 17.8 Å². The summed E-state index contributed by atoms with van der Waals surface area (Å²) in [6.07, 6.45) is -6.85. The van der Waals surface area contributed by atoms with Gasteiger partial charge in [-0.25, -0.2) is 4.79 Å². The van der Waals surface area contributed by atoms with Crippen LogP contribution in [0.5, 0.6) is 0 Å². The van der Waals surface area contributed by atoms with Gasteiger partial charge >= 0.3 is 5.97 Å². The molecule has 0 spiro atoms. The Morgan fingerprint density at radius 3 is 2.27 bits per heavy atom. The number of carboxylic acids is 1. The first-order valence-electron chi connectivity index (χ1n) is 27.6. The summed E-state index contributed by atoms with van der Waals surface area (Å²) in [6.45, 7) is 14.0. The van der Waals surface area contributed by atoms with E-state index in [2.05, 4.69) is 65.6 Å². The average molecular weight is 1110 g/mol. The number of nitrogens with zero attached hydrogens (tertiary/aromatic N) is 1. The van der Waals surface area contributed by atoms with Crippen molar-refractivity contribution in [3.63, 3.8) is 0 Å². The predicted molar refractivity (Wildman–Crippen MR) is 279 cm³/mol. The molecule has 1 aromatic carbocycles. The Balaban J connectivity index is 1.12. The van der Waals surface area contributed by atoms with E-state index in [1.807, 2.05) is 6.92 Å². The molecule has 0 aromatic heterocycles. The Labute approximate surface area is 446 Å². The summed E-state index contributed by atoms with van der Waals surface area (Å²) in [6, 6.07) is 5.25. The van der Waals surface area contributed by atoms with Gasteiger partial charge in [-0.15, -0.1) is 0 Å². The Kier molecular flexibility index (Phi) is 25.8. The van der Waals surface area contributed by atoms with Crippen LogP contribution < -0.4 is 26.6 Å². The van der Waals surface area contributed by atoms with Gasteiger partial charge in [-0.2, -0.15) is 0 Å². The second-order valence-electron chi connectivity index (χ2n) is 21.3. The Morgan fingerprint density at radius 2 is 1.58 bits per heavy atom. The molecule has 1 amide bonds. The van der Waals surface area contributed by atoms with E-state index in [-0.39, 0.29) is 36.9 Å². The number of carbonyl (C=O) groups is 3. The minimum atomic E-state index is -1.63. The van der Waals surface area contributed by atoms with E-state index < -0.39 is 104 Å². The number of aliphatic carboxylic acids is 1. The number of halogens is 1. The van der Waals surface area contributed by atoms with Crippen LogP contribution in [-0.2, 0) is 51.2 Å². The lowest BCUT2D eigenvalue weighted by atomic mass is 9.74. The third-order valence-electron chi connectivity index (χ3n) is 15.7. The zero-order valence-corrected chi connectivity index (χ0v) is 45.5. The Hall–Kier alpha value is -2.29. The molecule has 14 unspecified atom stereocenters. The molecular weight excluding hydrogens is 1020 g/mol. The predicted octanol–water partition coefficient (Wildman–Crippen LogP) is 1.68. The first-order valence-corrected chi connectivity index (χ1v) is 28.4. The molecule has 422 valence electrons. The fourth-order valence-electron chi connectivity index (χ4n) is 11.4. The highest BCUT2D eigenvalue weighted by atomic mass is 79.9. The highest BCUT2D eigenvalue weighted by Gasteiger charge is 2.53. The zero-order valence-electron chi connectivity index (χ0n) is 43.9. The minimum Gasteiger partial charge on any atom is -0.479 e. The smallest absolute Gasteiger partial charge is 0.332 e. The van der Waals surface area contributed by atoms with Gasteiger partial charge < -0.3 is 80.9 Å². The lowest BCUT2D eigenvalue weighted by molar-refractivity contribution is -0.338. The van der Waals surface area contributed by atoms with Crippen LogP contribution >= 0.6 is 15.9 Å². The lowest BCUT2D eigenvalue weighted by Gasteiger charge is -2.49. The fraction of sp³-hybridized carbons (Fsp3) is 0.830. The molecule has 3 heterocycles. The van der Waals surface area contributed by atoms with Crippen LogP contribution in [0.3, 0.4) is 0 Å². The summed E-state index contributed by atoms with van der Waals surface area (Å²) in [4.78, 5) is 42.3. The van der Waals surface area contributed by atoms with Crippen molar-refractivity contribution >= 4 is 33.6 Å². The topological polar surface area (TPSA) is 282 Å². The second kappa shape index (κ2) is 31.3. The highest BCUT2D eigenvalue weighted by Crippen LogP contribution is 2.40. The van der Waals surface area contributed by atoms with Crippen LogP contribution in [0.25, 0.3) is 0 Å². The maximum atomic E-state index is 14.2. The number of aliphatic hydroxyl groups excluding tert-OH is 5. The van der Waals surface area contributed by atoms with Crippen molar-refractivity contribution in [2.45, 2.75) is 197 Å². The van der Waals surface area contributed by atoms with E-state index in [9.17, 15) is 45.0 Å². The number of ether oxygens (including phenoxy) is 5. The standard InChI is InChI=1S/C53H89BrN6O14/c1-4-36-27-38(40(63)13-8-16-58-29-37-15-14-35(25-39(37)54)30-60-23-10-19-56-21-20-55-17-9-18-57-22-24-60)28-41(49(36)74-53-48(67)47(66)45(64)32(2)70-53)72-52-44(59-33(3)62)50(46(65)43(31-61)73-52)71-42(51(68)69)26-34-11-6-5-7-12-34/h14-15,25,32,34,36,38,41-50,52-53,55-58,61,64-67H,4-13,16-24,26-31H2,1-3H3,(H,59,62)(H,68,69)/t32?,36?,38?,41?,42-,43?,44?,45?,46?,47?,48?,49?,50?,52?,53?/m0/s1. The molecule has 0 bridgehead atoms. The number of benzene rings is 1. The Bertz CT molecular complexity index is 1840. The number of rotatable bonds is 21. The number of ketones is 1. The van der Waals surface area contributed by atoms with E-state index in [0.717, 1.165) is 114 Å². The molecule has 5 aliphatic rings. The molecule has 6 rings (SSSR count). The number of amides is 1. The number of aliphatic hydroxyl groups is 5. The third kappa shape index (κ3) is 18.1. The van der Waals surface area contributed by atoms with E-state index >= 15 is 0 Å². The second-order valence-corrected chi connectivity index (χ2v) is 22.2. The average Bonchev–Trinajstić information content (AvgIpc) is 3.38. The van der Waals surface area contributed by atoms with Crippen LogP contribution in [0.15, 0.2) is 22.7 Å². The van der Waals surface area contributed by atoms with Crippen molar-refractivity contribution in [2.24, 2.45) is 17.8 Å². The molecule has 74 heavy (non-hydrogen) atoms. The highest BCUT2D eigenvalue weighted by molar-refractivity contribution is 9.10. The Morgan fingerprint density at radius 1 is 0.851 bits per heavy atom. The monoisotopic (exact) mass is 1110 g/mol. The van der Waals surface area contributed by atoms with Gasteiger partial charge in [0.05, 0.1) is 24.9 Å². The largest absolute Gasteiger partial charge is 0.479 e. The van der Waals surface area contributed by atoms with Gasteiger partial charge in [0.15, 0.2) is 18.7 Å². The fourth-order valence-corrected chi connectivity index (χ4v) is 11.9. The number of Topliss-reactive ketones (excluding diaryl/α,β-unsaturated/α-hetero) is 1. The summed E-state index contributed by atoms with van der Waals surface area (Å²) in [7, 11) is 0. The van der Waals surface area contributed by atoms with Gasteiger partial charge in [-0.1, -0.05) is 73.5 Å². The number of carboxylic acid groups (broad SMARTS) is 1.